The monoisotopic (exact) mass is 156 g/mol. The highest BCUT2D eigenvalue weighted by atomic mass is 15.0. The third kappa shape index (κ3) is 2.80. The molecule has 2 atom stereocenters. The van der Waals surface area contributed by atoms with Gasteiger partial charge in [-0.1, -0.05) is 19.8 Å². The number of nitrogens with one attached hydrogen (secondary N) is 1. The molecule has 66 valence electrons. The minimum absolute atomic E-state index is 0.412. The molecule has 1 saturated heterocycles. The molecule has 0 aliphatic carbocycles. The molecule has 2 unspecified atom stereocenters. The maximum atomic E-state index is 5.96. The van der Waals surface area contributed by atoms with Crippen LogP contribution >= 0.6 is 0 Å². The average molecular weight is 156 g/mol. The Labute approximate surface area is 69.5 Å². The molecule has 2 nitrogen and oxygen atoms in total. The summed E-state index contributed by atoms with van der Waals surface area (Å²) in [5.41, 5.74) is 5.96. The van der Waals surface area contributed by atoms with Crippen LogP contribution in [-0.2, 0) is 0 Å². The summed E-state index contributed by atoms with van der Waals surface area (Å²) in [4.78, 5) is 0. The average Bonchev–Trinajstić information content (AvgIpc) is 2.03. The van der Waals surface area contributed by atoms with Crippen LogP contribution in [0.2, 0.25) is 0 Å². The minimum atomic E-state index is 0.412. The zero-order valence-electron chi connectivity index (χ0n) is 7.47. The Morgan fingerprint density at radius 2 is 2.36 bits per heavy atom. The van der Waals surface area contributed by atoms with E-state index in [9.17, 15) is 0 Å². The number of nitrogens with two attached hydrogens (primary N) is 1. The molecule has 1 rings (SSSR count). The van der Waals surface area contributed by atoms with Crippen LogP contribution < -0.4 is 11.1 Å². The van der Waals surface area contributed by atoms with Gasteiger partial charge in [0.05, 0.1) is 0 Å². The Hall–Kier alpha value is -0.0800. The summed E-state index contributed by atoms with van der Waals surface area (Å²) in [6, 6.07) is 1.01. The zero-order chi connectivity index (χ0) is 8.10. The van der Waals surface area contributed by atoms with Gasteiger partial charge in [-0.3, -0.25) is 0 Å². The van der Waals surface area contributed by atoms with E-state index in [4.69, 9.17) is 5.73 Å². The van der Waals surface area contributed by atoms with E-state index in [1.165, 1.54) is 38.6 Å². The summed E-state index contributed by atoms with van der Waals surface area (Å²) >= 11 is 0. The molecular formula is C9H20N2. The van der Waals surface area contributed by atoms with Crippen LogP contribution in [-0.4, -0.2) is 18.6 Å². The van der Waals surface area contributed by atoms with Gasteiger partial charge in [0, 0.05) is 12.1 Å². The summed E-state index contributed by atoms with van der Waals surface area (Å²) < 4.78 is 0. The van der Waals surface area contributed by atoms with Crippen molar-refractivity contribution >= 4 is 0 Å². The molecule has 0 aromatic rings. The van der Waals surface area contributed by atoms with E-state index >= 15 is 0 Å². The van der Waals surface area contributed by atoms with Gasteiger partial charge in [0.25, 0.3) is 0 Å². The summed E-state index contributed by atoms with van der Waals surface area (Å²) in [6.07, 6.45) is 6.32. The lowest BCUT2D eigenvalue weighted by atomic mass is 9.95. The highest BCUT2D eigenvalue weighted by Crippen LogP contribution is 2.11. The maximum Gasteiger partial charge on any atom is 0.0219 e. The van der Waals surface area contributed by atoms with Gasteiger partial charge in [-0.05, 0) is 25.8 Å². The first-order chi connectivity index (χ1) is 5.34. The van der Waals surface area contributed by atoms with Gasteiger partial charge in [-0.25, -0.2) is 0 Å². The normalized spacial score (nSPS) is 32.2. The van der Waals surface area contributed by atoms with Gasteiger partial charge in [0.2, 0.25) is 0 Å². The molecule has 0 amide bonds. The Kier molecular flexibility index (Phi) is 3.87. The second-order valence-corrected chi connectivity index (χ2v) is 3.51. The fraction of sp³-hybridized carbons (Fsp3) is 1.00. The van der Waals surface area contributed by atoms with Crippen molar-refractivity contribution in [3.05, 3.63) is 0 Å². The quantitative estimate of drug-likeness (QED) is 0.645. The topological polar surface area (TPSA) is 38.0 Å². The Balaban J connectivity index is 2.18. The predicted octanol–water partition coefficient (Wildman–Crippen LogP) is 1.26. The number of piperidine rings is 1. The third-order valence-corrected chi connectivity index (χ3v) is 2.51. The molecule has 0 aromatic heterocycles. The molecule has 0 radical (unpaired) electrons. The highest BCUT2D eigenvalue weighted by Gasteiger charge is 2.19. The molecule has 1 fully saturated rings. The molecule has 0 bridgehead atoms. The first-order valence-corrected chi connectivity index (χ1v) is 4.83. The van der Waals surface area contributed by atoms with Crippen molar-refractivity contribution in [2.24, 2.45) is 5.73 Å². The number of rotatable bonds is 3. The summed E-state index contributed by atoms with van der Waals surface area (Å²) in [7, 11) is 0. The third-order valence-electron chi connectivity index (χ3n) is 2.51. The van der Waals surface area contributed by atoms with E-state index in [1.807, 2.05) is 0 Å². The highest BCUT2D eigenvalue weighted by molar-refractivity contribution is 4.83. The Morgan fingerprint density at radius 3 is 3.00 bits per heavy atom. The van der Waals surface area contributed by atoms with Crippen LogP contribution in [0, 0.1) is 0 Å². The molecule has 0 saturated carbocycles. The first kappa shape index (κ1) is 9.01. The Morgan fingerprint density at radius 1 is 1.55 bits per heavy atom. The van der Waals surface area contributed by atoms with E-state index in [1.54, 1.807) is 0 Å². The van der Waals surface area contributed by atoms with Gasteiger partial charge in [-0.2, -0.15) is 0 Å². The lowest BCUT2D eigenvalue weighted by Gasteiger charge is -2.29. The van der Waals surface area contributed by atoms with Gasteiger partial charge >= 0.3 is 0 Å². The van der Waals surface area contributed by atoms with Crippen LogP contribution in [0.1, 0.15) is 39.0 Å². The summed E-state index contributed by atoms with van der Waals surface area (Å²) in [5.74, 6) is 0. The molecule has 0 spiro atoms. The van der Waals surface area contributed by atoms with Crippen molar-refractivity contribution in [1.82, 2.24) is 5.32 Å². The molecule has 3 N–H and O–H groups in total. The molecule has 2 heteroatoms. The van der Waals surface area contributed by atoms with Gasteiger partial charge in [0.1, 0.15) is 0 Å². The van der Waals surface area contributed by atoms with Crippen LogP contribution in [0.4, 0.5) is 0 Å². The minimum Gasteiger partial charge on any atom is -0.326 e. The molecular weight excluding hydrogens is 136 g/mol. The van der Waals surface area contributed by atoms with Crippen molar-refractivity contribution in [2.45, 2.75) is 51.1 Å². The van der Waals surface area contributed by atoms with Crippen molar-refractivity contribution in [3.8, 4) is 0 Å². The van der Waals surface area contributed by atoms with Crippen molar-refractivity contribution in [2.75, 3.05) is 6.54 Å². The fourth-order valence-corrected chi connectivity index (χ4v) is 1.72. The van der Waals surface area contributed by atoms with Crippen molar-refractivity contribution in [3.63, 3.8) is 0 Å². The number of hydrogen-bond acceptors (Lipinski definition) is 2. The second-order valence-electron chi connectivity index (χ2n) is 3.51. The van der Waals surface area contributed by atoms with Crippen LogP contribution in [0.25, 0.3) is 0 Å². The smallest absolute Gasteiger partial charge is 0.0219 e. The molecule has 0 aromatic carbocycles. The first-order valence-electron chi connectivity index (χ1n) is 4.83. The van der Waals surface area contributed by atoms with Gasteiger partial charge in [-0.15, -0.1) is 0 Å². The molecule has 1 heterocycles. The van der Waals surface area contributed by atoms with E-state index in [2.05, 4.69) is 12.2 Å². The van der Waals surface area contributed by atoms with Crippen LogP contribution in [0.5, 0.6) is 0 Å². The fourth-order valence-electron chi connectivity index (χ4n) is 1.72. The van der Waals surface area contributed by atoms with Crippen LogP contribution in [0.3, 0.4) is 0 Å². The second kappa shape index (κ2) is 4.73. The Bertz CT molecular complexity index is 104. The van der Waals surface area contributed by atoms with E-state index in [0.29, 0.717) is 12.1 Å². The lowest BCUT2D eigenvalue weighted by Crippen LogP contribution is -2.49. The maximum absolute atomic E-state index is 5.96. The SMILES string of the molecule is CCCCC1NCCCC1N. The van der Waals surface area contributed by atoms with Crippen molar-refractivity contribution < 1.29 is 0 Å². The van der Waals surface area contributed by atoms with Gasteiger partial charge in [0.15, 0.2) is 0 Å². The van der Waals surface area contributed by atoms with E-state index in [-0.39, 0.29) is 0 Å². The van der Waals surface area contributed by atoms with Crippen molar-refractivity contribution in [1.29, 1.82) is 0 Å². The predicted molar refractivity (Wildman–Crippen MR) is 48.5 cm³/mol. The summed E-state index contributed by atoms with van der Waals surface area (Å²) in [6.45, 7) is 3.40. The standard InChI is InChI=1S/C9H20N2/c1-2-3-6-9-8(10)5-4-7-11-9/h8-9,11H,2-7,10H2,1H3. The van der Waals surface area contributed by atoms with Gasteiger partial charge < -0.3 is 11.1 Å². The van der Waals surface area contributed by atoms with E-state index in [0.717, 1.165) is 0 Å². The number of hydrogen-bond donors (Lipinski definition) is 2. The van der Waals surface area contributed by atoms with E-state index < -0.39 is 0 Å². The molecule has 1 aliphatic heterocycles. The molecule has 1 aliphatic rings. The molecule has 11 heavy (non-hydrogen) atoms. The largest absolute Gasteiger partial charge is 0.326 e. The number of unbranched alkanes of at least 4 members (excludes halogenated alkanes) is 1. The summed E-state index contributed by atoms with van der Waals surface area (Å²) in [5, 5.41) is 3.48. The zero-order valence-corrected chi connectivity index (χ0v) is 7.47. The lowest BCUT2D eigenvalue weighted by molar-refractivity contribution is 0.329. The van der Waals surface area contributed by atoms with Crippen LogP contribution in [0.15, 0.2) is 0 Å².